The molecule has 0 aromatic heterocycles. The van der Waals surface area contributed by atoms with Crippen LogP contribution in [-0.2, 0) is 6.18 Å². The van der Waals surface area contributed by atoms with Crippen LogP contribution in [-0.4, -0.2) is 12.3 Å². The lowest BCUT2D eigenvalue weighted by atomic mass is 9.95. The fraction of sp³-hybridized carbons (Fsp3) is 0.350. The number of aryl methyl sites for hydroxylation is 1. The number of rotatable bonds is 6. The van der Waals surface area contributed by atoms with Gasteiger partial charge in [0.15, 0.2) is 0 Å². The summed E-state index contributed by atoms with van der Waals surface area (Å²) >= 11 is 0. The fourth-order valence-electron chi connectivity index (χ4n) is 2.23. The molecule has 2 N–H and O–H groups in total. The molecule has 25 heavy (non-hydrogen) atoms. The van der Waals surface area contributed by atoms with E-state index in [4.69, 9.17) is 5.73 Å². The average Bonchev–Trinajstić information content (AvgIpc) is 2.51. The van der Waals surface area contributed by atoms with Crippen LogP contribution < -0.4 is 5.73 Å². The first-order valence-corrected chi connectivity index (χ1v) is 8.15. The zero-order valence-corrected chi connectivity index (χ0v) is 15.1. The minimum absolute atomic E-state index is 0.0832. The molecule has 0 aliphatic heterocycles. The van der Waals surface area contributed by atoms with E-state index in [1.807, 2.05) is 19.1 Å². The molecule has 0 spiro atoms. The quantitative estimate of drug-likeness (QED) is 0.528. The van der Waals surface area contributed by atoms with Gasteiger partial charge in [-0.15, -0.1) is 0 Å². The van der Waals surface area contributed by atoms with Crippen molar-refractivity contribution in [1.29, 1.82) is 0 Å². The normalized spacial score (nSPS) is 14.4. The van der Waals surface area contributed by atoms with Crippen molar-refractivity contribution in [3.8, 4) is 0 Å². The highest BCUT2D eigenvalue weighted by molar-refractivity contribution is 6.13. The second-order valence-electron chi connectivity index (χ2n) is 5.87. The lowest BCUT2D eigenvalue weighted by molar-refractivity contribution is -0.137. The molecule has 0 saturated heterocycles. The number of aliphatic imine (C=N–C) groups is 1. The third-order valence-electron chi connectivity index (χ3n) is 3.49. The number of hydrogen-bond acceptors (Lipinski definition) is 2. The van der Waals surface area contributed by atoms with E-state index < -0.39 is 11.7 Å². The Hall–Kier alpha value is -2.30. The number of halogens is 3. The summed E-state index contributed by atoms with van der Waals surface area (Å²) in [4.78, 5) is 4.37. The molecule has 1 aromatic carbocycles. The van der Waals surface area contributed by atoms with Crippen molar-refractivity contribution in [2.45, 2.75) is 40.3 Å². The van der Waals surface area contributed by atoms with Crippen molar-refractivity contribution in [3.63, 3.8) is 0 Å². The first-order chi connectivity index (χ1) is 11.7. The van der Waals surface area contributed by atoms with Gasteiger partial charge in [-0.3, -0.25) is 4.99 Å². The largest absolute Gasteiger partial charge is 0.417 e. The molecule has 0 unspecified atom stereocenters. The van der Waals surface area contributed by atoms with Crippen molar-refractivity contribution in [2.75, 3.05) is 6.54 Å². The lowest BCUT2D eigenvalue weighted by Gasteiger charge is -2.16. The number of nitrogens with two attached hydrogens (primary N) is 1. The van der Waals surface area contributed by atoms with Crippen LogP contribution in [0, 0.1) is 6.92 Å². The molecule has 2 nitrogen and oxygen atoms in total. The van der Waals surface area contributed by atoms with Crippen LogP contribution in [0.4, 0.5) is 13.2 Å². The van der Waals surface area contributed by atoms with Gasteiger partial charge in [0, 0.05) is 11.3 Å². The van der Waals surface area contributed by atoms with Crippen LogP contribution in [0.2, 0.25) is 0 Å². The van der Waals surface area contributed by atoms with Crippen LogP contribution in [0.5, 0.6) is 0 Å². The van der Waals surface area contributed by atoms with Crippen LogP contribution >= 0.6 is 0 Å². The topological polar surface area (TPSA) is 38.4 Å². The number of allylic oxidation sites excluding steroid dienone is 5. The molecule has 0 aliphatic rings. The Morgan fingerprint density at radius 2 is 1.92 bits per heavy atom. The molecule has 0 bridgehead atoms. The van der Waals surface area contributed by atoms with E-state index in [9.17, 15) is 13.2 Å². The Balaban J connectivity index is 3.50. The standard InChI is InChI=1S/C20H25F3N2/c1-5-6-7-8-15(3)19(25-12-11-16(4)24)17-10-9-14(2)13-18(17)20(21,22)23/h6-11,13H,5,12,24H2,1-4H3/b7-6-,15-8+,16-11+,25-19?. The second-order valence-corrected chi connectivity index (χ2v) is 5.87. The Kier molecular flexibility index (Phi) is 7.68. The first-order valence-electron chi connectivity index (χ1n) is 8.15. The Bertz CT molecular complexity index is 704. The highest BCUT2D eigenvalue weighted by atomic mass is 19.4. The first kappa shape index (κ1) is 20.7. The van der Waals surface area contributed by atoms with E-state index >= 15 is 0 Å². The van der Waals surface area contributed by atoms with E-state index in [0.717, 1.165) is 12.5 Å². The summed E-state index contributed by atoms with van der Waals surface area (Å²) < 4.78 is 40.5. The van der Waals surface area contributed by atoms with Gasteiger partial charge in [-0.05, 0) is 44.9 Å². The molecule has 5 heteroatoms. The molecule has 0 radical (unpaired) electrons. The molecule has 136 valence electrons. The van der Waals surface area contributed by atoms with Gasteiger partial charge in [-0.2, -0.15) is 13.2 Å². The van der Waals surface area contributed by atoms with Gasteiger partial charge in [0.2, 0.25) is 0 Å². The highest BCUT2D eigenvalue weighted by Gasteiger charge is 2.34. The van der Waals surface area contributed by atoms with E-state index in [1.165, 1.54) is 6.07 Å². The molecule has 0 heterocycles. The van der Waals surface area contributed by atoms with Crippen LogP contribution in [0.15, 0.2) is 58.8 Å². The molecular formula is C20H25F3N2. The molecule has 0 fully saturated rings. The maximum atomic E-state index is 13.5. The second kappa shape index (κ2) is 9.25. The summed E-state index contributed by atoms with van der Waals surface area (Å²) in [5.74, 6) is 0. The maximum Gasteiger partial charge on any atom is 0.417 e. The molecule has 0 saturated carbocycles. The zero-order valence-electron chi connectivity index (χ0n) is 15.1. The van der Waals surface area contributed by atoms with Crippen molar-refractivity contribution < 1.29 is 13.2 Å². The smallest absolute Gasteiger partial charge is 0.402 e. The molecular weight excluding hydrogens is 325 g/mol. The van der Waals surface area contributed by atoms with Gasteiger partial charge in [0.25, 0.3) is 0 Å². The van der Waals surface area contributed by atoms with Crippen molar-refractivity contribution in [2.24, 2.45) is 10.7 Å². The summed E-state index contributed by atoms with van der Waals surface area (Å²) in [7, 11) is 0. The lowest BCUT2D eigenvalue weighted by Crippen LogP contribution is -2.15. The molecule has 1 rings (SSSR count). The minimum atomic E-state index is -4.44. The third-order valence-corrected chi connectivity index (χ3v) is 3.49. The van der Waals surface area contributed by atoms with Gasteiger partial charge < -0.3 is 5.73 Å². The predicted molar refractivity (Wildman–Crippen MR) is 98.7 cm³/mol. The SMILES string of the molecule is CC/C=C\C=C(/C)C(=NC/C=C(\C)N)c1ccc(C)cc1C(F)(F)F. The number of hydrogen-bond donors (Lipinski definition) is 1. The van der Waals surface area contributed by atoms with Gasteiger partial charge >= 0.3 is 6.18 Å². The minimum Gasteiger partial charge on any atom is -0.402 e. The maximum absolute atomic E-state index is 13.5. The van der Waals surface area contributed by atoms with Gasteiger partial charge in [-0.1, -0.05) is 42.8 Å². The highest BCUT2D eigenvalue weighted by Crippen LogP contribution is 2.34. The van der Waals surface area contributed by atoms with Gasteiger partial charge in [-0.25, -0.2) is 0 Å². The van der Waals surface area contributed by atoms with Crippen LogP contribution in [0.25, 0.3) is 0 Å². The average molecular weight is 350 g/mol. The van der Waals surface area contributed by atoms with Crippen molar-refractivity contribution in [3.05, 3.63) is 70.5 Å². The summed E-state index contributed by atoms with van der Waals surface area (Å²) in [6.45, 7) is 7.34. The summed E-state index contributed by atoms with van der Waals surface area (Å²) in [5, 5.41) is 0. The summed E-state index contributed by atoms with van der Waals surface area (Å²) in [6.07, 6.45) is 3.63. The van der Waals surface area contributed by atoms with Crippen molar-refractivity contribution >= 4 is 5.71 Å². The molecule has 0 amide bonds. The van der Waals surface area contributed by atoms with E-state index in [0.29, 0.717) is 22.5 Å². The summed E-state index contributed by atoms with van der Waals surface area (Å²) in [6, 6.07) is 4.31. The number of alkyl halides is 3. The molecule has 0 atom stereocenters. The van der Waals surface area contributed by atoms with Crippen LogP contribution in [0.1, 0.15) is 43.9 Å². The number of benzene rings is 1. The fourth-order valence-corrected chi connectivity index (χ4v) is 2.23. The van der Waals surface area contributed by atoms with E-state index in [-0.39, 0.29) is 12.1 Å². The van der Waals surface area contributed by atoms with Gasteiger partial charge in [0.05, 0.1) is 17.8 Å². The number of nitrogens with zero attached hydrogens (tertiary/aromatic N) is 1. The van der Waals surface area contributed by atoms with E-state index in [2.05, 4.69) is 4.99 Å². The van der Waals surface area contributed by atoms with Crippen molar-refractivity contribution in [1.82, 2.24) is 0 Å². The van der Waals surface area contributed by atoms with Gasteiger partial charge in [0.1, 0.15) is 0 Å². The zero-order chi connectivity index (χ0) is 19.0. The van der Waals surface area contributed by atoms with E-state index in [1.54, 1.807) is 39.0 Å². The Labute approximate surface area is 147 Å². The third kappa shape index (κ3) is 6.61. The Morgan fingerprint density at radius 1 is 1.24 bits per heavy atom. The molecule has 1 aromatic rings. The Morgan fingerprint density at radius 3 is 2.48 bits per heavy atom. The van der Waals surface area contributed by atoms with Crippen LogP contribution in [0.3, 0.4) is 0 Å². The summed E-state index contributed by atoms with van der Waals surface area (Å²) in [5.41, 5.74) is 7.13. The predicted octanol–water partition coefficient (Wildman–Crippen LogP) is 5.58. The monoisotopic (exact) mass is 350 g/mol. The molecule has 0 aliphatic carbocycles.